The van der Waals surface area contributed by atoms with Crippen molar-refractivity contribution in [3.8, 4) is 5.75 Å². The maximum absolute atomic E-state index is 12.8. The van der Waals surface area contributed by atoms with Crippen molar-refractivity contribution in [1.29, 1.82) is 0 Å². The fourth-order valence-electron chi connectivity index (χ4n) is 2.07. The van der Waals surface area contributed by atoms with E-state index in [1.165, 1.54) is 43.5 Å². The Hall–Kier alpha value is -2.98. The van der Waals surface area contributed by atoms with Crippen molar-refractivity contribution in [2.45, 2.75) is 11.3 Å². The summed E-state index contributed by atoms with van der Waals surface area (Å²) in [7, 11) is -2.71. The monoisotopic (exact) mass is 381 g/mol. The lowest BCUT2D eigenvalue weighted by Crippen LogP contribution is -2.42. The van der Waals surface area contributed by atoms with Crippen LogP contribution in [0.5, 0.6) is 5.75 Å². The maximum atomic E-state index is 12.8. The highest BCUT2D eigenvalue weighted by molar-refractivity contribution is 7.89. The van der Waals surface area contributed by atoms with Gasteiger partial charge in [-0.2, -0.15) is 0 Å². The Bertz CT molecular complexity index is 929. The van der Waals surface area contributed by atoms with Crippen LogP contribution in [-0.2, 0) is 21.2 Å². The highest BCUT2D eigenvalue weighted by Crippen LogP contribution is 2.21. The number of primary sulfonamides is 1. The lowest BCUT2D eigenvalue weighted by atomic mass is 10.1. The molecule has 138 valence electrons. The van der Waals surface area contributed by atoms with E-state index in [-0.39, 0.29) is 22.6 Å². The van der Waals surface area contributed by atoms with Crippen molar-refractivity contribution < 1.29 is 27.1 Å². The molecule has 4 N–H and O–H groups in total. The zero-order valence-electron chi connectivity index (χ0n) is 13.7. The Morgan fingerprint density at radius 3 is 2.35 bits per heavy atom. The summed E-state index contributed by atoms with van der Waals surface area (Å²) >= 11 is 0. The summed E-state index contributed by atoms with van der Waals surface area (Å²) in [5.41, 5.74) is 4.76. The van der Waals surface area contributed by atoms with Gasteiger partial charge in [0.1, 0.15) is 11.6 Å². The van der Waals surface area contributed by atoms with Gasteiger partial charge in [-0.3, -0.25) is 20.4 Å². The number of amides is 2. The van der Waals surface area contributed by atoms with Gasteiger partial charge in [-0.05, 0) is 35.9 Å². The van der Waals surface area contributed by atoms with E-state index in [4.69, 9.17) is 9.88 Å². The standard InChI is InChI=1S/C16H16FN3O5S/c1-25-14-7-6-12(26(18,23)24)9-13(14)16(22)20-19-15(21)8-10-2-4-11(17)5-3-10/h2-7,9H,8H2,1H3,(H,19,21)(H,20,22)(H2,18,23,24). The molecule has 10 heteroatoms. The average Bonchev–Trinajstić information content (AvgIpc) is 2.60. The quantitative estimate of drug-likeness (QED) is 0.650. The third-order valence-electron chi connectivity index (χ3n) is 3.34. The van der Waals surface area contributed by atoms with Gasteiger partial charge in [0, 0.05) is 0 Å². The number of methoxy groups -OCH3 is 1. The molecule has 2 aromatic rings. The highest BCUT2D eigenvalue weighted by Gasteiger charge is 2.18. The van der Waals surface area contributed by atoms with Crippen molar-refractivity contribution in [2.24, 2.45) is 5.14 Å². The number of carbonyl (C=O) groups is 2. The van der Waals surface area contributed by atoms with E-state index in [1.807, 2.05) is 0 Å². The van der Waals surface area contributed by atoms with E-state index in [0.717, 1.165) is 6.07 Å². The second kappa shape index (κ2) is 7.93. The molecule has 0 fully saturated rings. The third kappa shape index (κ3) is 5.01. The van der Waals surface area contributed by atoms with Crippen LogP contribution in [0.25, 0.3) is 0 Å². The molecule has 0 radical (unpaired) electrons. The Morgan fingerprint density at radius 2 is 1.77 bits per heavy atom. The molecule has 2 aromatic carbocycles. The first kappa shape index (κ1) is 19.3. The van der Waals surface area contributed by atoms with Gasteiger partial charge in [-0.15, -0.1) is 0 Å². The van der Waals surface area contributed by atoms with Crippen LogP contribution in [0.15, 0.2) is 47.4 Å². The molecule has 0 unspecified atom stereocenters. The minimum Gasteiger partial charge on any atom is -0.496 e. The Labute approximate surface area is 149 Å². The summed E-state index contributed by atoms with van der Waals surface area (Å²) in [5.74, 6) is -1.67. The van der Waals surface area contributed by atoms with E-state index >= 15 is 0 Å². The summed E-state index contributed by atoms with van der Waals surface area (Å²) in [6.07, 6.45) is -0.0884. The molecular formula is C16H16FN3O5S. The molecule has 0 spiro atoms. The average molecular weight is 381 g/mol. The van der Waals surface area contributed by atoms with Crippen LogP contribution in [0, 0.1) is 5.82 Å². The number of ether oxygens (including phenoxy) is 1. The fourth-order valence-corrected chi connectivity index (χ4v) is 2.61. The molecule has 0 bridgehead atoms. The number of halogens is 1. The second-order valence-corrected chi connectivity index (χ2v) is 6.77. The SMILES string of the molecule is COc1ccc(S(N)(=O)=O)cc1C(=O)NNC(=O)Cc1ccc(F)cc1. The highest BCUT2D eigenvalue weighted by atomic mass is 32.2. The molecule has 2 amide bonds. The first-order valence-electron chi connectivity index (χ1n) is 7.25. The minimum atomic E-state index is -4.01. The number of rotatable bonds is 5. The number of hydrogen-bond acceptors (Lipinski definition) is 5. The van der Waals surface area contributed by atoms with Crippen LogP contribution in [0.3, 0.4) is 0 Å². The molecule has 0 aliphatic carbocycles. The van der Waals surface area contributed by atoms with Crippen LogP contribution in [0.4, 0.5) is 4.39 Å². The molecule has 0 aliphatic rings. The van der Waals surface area contributed by atoms with Crippen LogP contribution in [-0.4, -0.2) is 27.3 Å². The van der Waals surface area contributed by atoms with E-state index in [1.54, 1.807) is 0 Å². The minimum absolute atomic E-state index is 0.0884. The zero-order chi connectivity index (χ0) is 19.3. The van der Waals surface area contributed by atoms with Gasteiger partial charge in [-0.1, -0.05) is 12.1 Å². The fraction of sp³-hybridized carbons (Fsp3) is 0.125. The van der Waals surface area contributed by atoms with Gasteiger partial charge in [0.05, 0.1) is 24.0 Å². The third-order valence-corrected chi connectivity index (χ3v) is 4.25. The van der Waals surface area contributed by atoms with Crippen molar-refractivity contribution in [3.63, 3.8) is 0 Å². The van der Waals surface area contributed by atoms with Crippen LogP contribution in [0.2, 0.25) is 0 Å². The molecule has 0 heterocycles. The lowest BCUT2D eigenvalue weighted by Gasteiger charge is -2.11. The van der Waals surface area contributed by atoms with Gasteiger partial charge in [0.25, 0.3) is 5.91 Å². The molecule has 0 saturated carbocycles. The van der Waals surface area contributed by atoms with E-state index in [0.29, 0.717) is 5.56 Å². The van der Waals surface area contributed by atoms with Crippen molar-refractivity contribution in [1.82, 2.24) is 10.9 Å². The normalized spacial score (nSPS) is 10.9. The number of nitrogens with two attached hydrogens (primary N) is 1. The van der Waals surface area contributed by atoms with Gasteiger partial charge in [0.15, 0.2) is 0 Å². The molecule has 0 saturated heterocycles. The van der Waals surface area contributed by atoms with E-state index in [9.17, 15) is 22.4 Å². The van der Waals surface area contributed by atoms with Gasteiger partial charge in [-0.25, -0.2) is 17.9 Å². The Balaban J connectivity index is 2.07. The predicted octanol–water partition coefficient (Wildman–Crippen LogP) is 0.485. The maximum Gasteiger partial charge on any atom is 0.273 e. The summed E-state index contributed by atoms with van der Waals surface area (Å²) < 4.78 is 40.7. The predicted molar refractivity (Wildman–Crippen MR) is 90.1 cm³/mol. The lowest BCUT2D eigenvalue weighted by molar-refractivity contribution is -0.121. The zero-order valence-corrected chi connectivity index (χ0v) is 14.5. The van der Waals surface area contributed by atoms with Crippen LogP contribution in [0.1, 0.15) is 15.9 Å². The number of hydrazine groups is 1. The summed E-state index contributed by atoms with van der Waals surface area (Å²) in [4.78, 5) is 23.8. The summed E-state index contributed by atoms with van der Waals surface area (Å²) in [6, 6.07) is 8.81. The van der Waals surface area contributed by atoms with Crippen LogP contribution >= 0.6 is 0 Å². The summed E-state index contributed by atoms with van der Waals surface area (Å²) in [6.45, 7) is 0. The van der Waals surface area contributed by atoms with Gasteiger partial charge >= 0.3 is 0 Å². The number of sulfonamides is 1. The number of hydrogen-bond donors (Lipinski definition) is 3. The van der Waals surface area contributed by atoms with Crippen LogP contribution < -0.4 is 20.7 Å². The van der Waals surface area contributed by atoms with Gasteiger partial charge < -0.3 is 4.74 Å². The molecule has 0 atom stereocenters. The molecular weight excluding hydrogens is 365 g/mol. The Morgan fingerprint density at radius 1 is 1.12 bits per heavy atom. The van der Waals surface area contributed by atoms with E-state index in [2.05, 4.69) is 10.9 Å². The molecule has 0 aromatic heterocycles. The van der Waals surface area contributed by atoms with E-state index < -0.39 is 27.7 Å². The van der Waals surface area contributed by atoms with Crippen molar-refractivity contribution in [2.75, 3.05) is 7.11 Å². The first-order valence-corrected chi connectivity index (χ1v) is 8.80. The van der Waals surface area contributed by atoms with Crippen molar-refractivity contribution >= 4 is 21.8 Å². The largest absolute Gasteiger partial charge is 0.496 e. The molecule has 0 aliphatic heterocycles. The summed E-state index contributed by atoms with van der Waals surface area (Å²) in [5, 5.41) is 5.04. The molecule has 8 nitrogen and oxygen atoms in total. The topological polar surface area (TPSA) is 128 Å². The number of carbonyl (C=O) groups excluding carboxylic acids is 2. The molecule has 2 rings (SSSR count). The van der Waals surface area contributed by atoms with Gasteiger partial charge in [0.2, 0.25) is 15.9 Å². The second-order valence-electron chi connectivity index (χ2n) is 5.21. The van der Waals surface area contributed by atoms with Crippen molar-refractivity contribution in [3.05, 3.63) is 59.4 Å². The smallest absolute Gasteiger partial charge is 0.273 e. The Kier molecular flexibility index (Phi) is 5.90. The number of nitrogens with one attached hydrogen (secondary N) is 2. The first-order chi connectivity index (χ1) is 12.2. The molecule has 26 heavy (non-hydrogen) atoms. The number of benzene rings is 2.